The lowest BCUT2D eigenvalue weighted by molar-refractivity contribution is -0.143. The van der Waals surface area contributed by atoms with Crippen LogP contribution >= 0.6 is 8.53 Å². The number of esters is 1. The molecule has 3 aromatic carbocycles. The maximum Gasteiger partial charge on any atom is 0.316 e. The third-order valence-corrected chi connectivity index (χ3v) is 13.9. The summed E-state index contributed by atoms with van der Waals surface area (Å²) in [7, 11) is 1.65. The van der Waals surface area contributed by atoms with E-state index in [1.165, 1.54) is 6.07 Å². The maximum absolute atomic E-state index is 14.7. The zero-order valence-electron chi connectivity index (χ0n) is 40.6. The normalized spacial score (nSPS) is 16.0. The van der Waals surface area contributed by atoms with Crippen LogP contribution in [0.5, 0.6) is 17.2 Å². The number of allylic oxidation sites excluding steroid dienone is 1. The van der Waals surface area contributed by atoms with Crippen LogP contribution in [0.25, 0.3) is 22.6 Å². The lowest BCUT2D eigenvalue weighted by atomic mass is 9.79. The first-order valence-corrected chi connectivity index (χ1v) is 24.1. The number of ether oxygens (including phenoxy) is 4. The molecule has 0 N–H and O–H groups in total. The predicted molar refractivity (Wildman–Crippen MR) is 263 cm³/mol. The lowest BCUT2D eigenvalue weighted by Gasteiger charge is -2.38. The van der Waals surface area contributed by atoms with Crippen molar-refractivity contribution in [3.63, 3.8) is 0 Å². The Morgan fingerprint density at radius 3 is 2.21 bits per heavy atom. The van der Waals surface area contributed by atoms with Crippen LogP contribution in [0.15, 0.2) is 112 Å². The molecule has 14 nitrogen and oxygen atoms in total. The van der Waals surface area contributed by atoms with Gasteiger partial charge in [-0.1, -0.05) is 49.9 Å². The molecular formula is C53H63N4O10P. The van der Waals surface area contributed by atoms with Gasteiger partial charge in [0, 0.05) is 43.2 Å². The molecule has 1 saturated heterocycles. The van der Waals surface area contributed by atoms with Gasteiger partial charge in [-0.15, -0.1) is 0 Å². The molecule has 0 radical (unpaired) electrons. The van der Waals surface area contributed by atoms with Crippen LogP contribution in [0.4, 0.5) is 0 Å². The Labute approximate surface area is 400 Å². The Balaban J connectivity index is 1.32. The van der Waals surface area contributed by atoms with E-state index in [0.29, 0.717) is 52.6 Å². The quantitative estimate of drug-likeness (QED) is 0.0171. The number of carbonyl (C=O) groups is 2. The van der Waals surface area contributed by atoms with Gasteiger partial charge in [-0.05, 0) is 114 Å². The Kier molecular flexibility index (Phi) is 17.3. The molecule has 2 heterocycles. The standard InChI is InChI=1S/C53H63N4O10P/c1-11-37(12-2)53(38-16-20-41(61-9)21-17-38,39-18-22-42(62-10)23-19-39)63-34-40-30-44(67-68(64-28-14-27-54)57(13-3)35(4)5)33-56(40)50(59)26-15-36-29-46-49(32-47(36)58)66-48-31-43(24-25-45(48)55-46)65-51(60)52(6,7)8/h11-12,16-25,29,31-32,35,40,44H,1,13-15,26,28,30,33-34H2,2-10H3/t40-,44+,68?/m0/s1. The van der Waals surface area contributed by atoms with Gasteiger partial charge in [0.15, 0.2) is 16.8 Å². The van der Waals surface area contributed by atoms with Gasteiger partial charge in [0.2, 0.25) is 5.91 Å². The molecule has 1 amide bonds. The summed E-state index contributed by atoms with van der Waals surface area (Å²) in [6.45, 7) is 18.8. The van der Waals surface area contributed by atoms with E-state index >= 15 is 0 Å². The third kappa shape index (κ3) is 11.8. The van der Waals surface area contributed by atoms with Crippen LogP contribution in [0.3, 0.4) is 0 Å². The molecule has 0 saturated carbocycles. The van der Waals surface area contributed by atoms with Gasteiger partial charge < -0.3 is 37.3 Å². The summed E-state index contributed by atoms with van der Waals surface area (Å²) in [6, 6.07) is 25.2. The SMILES string of the molecule is C=CC(=CC)C(OC[C@@H]1C[C@@H](OP(OCCC#N)N(CC)C(C)C)CN1C(=O)CCc1cc2nc3ccc(OC(=O)C(C)(C)C)cc3oc-2cc1=O)(c1ccc(OC)cc1)c1ccc(OC)cc1. The molecule has 0 bridgehead atoms. The number of rotatable bonds is 21. The Hall–Kier alpha value is -5.94. The number of nitrogens with zero attached hydrogens (tertiary/aromatic N) is 4. The van der Waals surface area contributed by atoms with Crippen molar-refractivity contribution in [1.82, 2.24) is 14.6 Å². The van der Waals surface area contributed by atoms with Crippen molar-refractivity contribution in [2.45, 2.75) is 97.9 Å². The van der Waals surface area contributed by atoms with E-state index in [0.717, 1.165) is 16.7 Å². The van der Waals surface area contributed by atoms with Gasteiger partial charge in [-0.2, -0.15) is 5.26 Å². The monoisotopic (exact) mass is 946 g/mol. The average molecular weight is 947 g/mol. The minimum Gasteiger partial charge on any atom is -0.497 e. The molecule has 3 aliphatic rings. The van der Waals surface area contributed by atoms with E-state index in [2.05, 4.69) is 31.2 Å². The third-order valence-electron chi connectivity index (χ3n) is 11.9. The van der Waals surface area contributed by atoms with Crippen molar-refractivity contribution in [2.75, 3.05) is 40.5 Å². The molecular weight excluding hydrogens is 884 g/mol. The minimum atomic E-state index is -1.58. The first kappa shape index (κ1) is 51.5. The Morgan fingerprint density at radius 1 is 1.00 bits per heavy atom. The summed E-state index contributed by atoms with van der Waals surface area (Å²) in [4.78, 5) is 47.3. The second-order valence-electron chi connectivity index (χ2n) is 17.8. The number of hydrogen-bond acceptors (Lipinski definition) is 13. The molecule has 15 heteroatoms. The largest absolute Gasteiger partial charge is 0.497 e. The molecule has 1 aliphatic carbocycles. The van der Waals surface area contributed by atoms with Crippen LogP contribution < -0.4 is 19.6 Å². The van der Waals surface area contributed by atoms with Crippen LogP contribution in [0, 0.1) is 16.7 Å². The first-order valence-electron chi connectivity index (χ1n) is 22.9. The van der Waals surface area contributed by atoms with E-state index < -0.39 is 37.7 Å². The van der Waals surface area contributed by atoms with E-state index in [-0.39, 0.29) is 62.2 Å². The van der Waals surface area contributed by atoms with Crippen LogP contribution in [0.1, 0.15) is 84.4 Å². The van der Waals surface area contributed by atoms with Crippen LogP contribution in [0.2, 0.25) is 0 Å². The fourth-order valence-electron chi connectivity index (χ4n) is 8.22. The summed E-state index contributed by atoms with van der Waals surface area (Å²) >= 11 is 0. The second-order valence-corrected chi connectivity index (χ2v) is 19.3. The van der Waals surface area contributed by atoms with Crippen molar-refractivity contribution < 1.29 is 42.0 Å². The Morgan fingerprint density at radius 2 is 1.65 bits per heavy atom. The number of amides is 1. The number of hydrogen-bond donors (Lipinski definition) is 0. The van der Waals surface area contributed by atoms with Crippen molar-refractivity contribution >= 4 is 31.5 Å². The summed E-state index contributed by atoms with van der Waals surface area (Å²) < 4.78 is 45.1. The highest BCUT2D eigenvalue weighted by Gasteiger charge is 2.43. The van der Waals surface area contributed by atoms with Gasteiger partial charge in [-0.25, -0.2) is 9.65 Å². The number of likely N-dealkylation sites (tertiary alicyclic amines) is 1. The zero-order valence-corrected chi connectivity index (χ0v) is 41.5. The smallest absolute Gasteiger partial charge is 0.316 e. The van der Waals surface area contributed by atoms with E-state index in [9.17, 15) is 19.6 Å². The highest BCUT2D eigenvalue weighted by atomic mass is 31.2. The number of benzene rings is 4. The molecule has 2 aliphatic heterocycles. The van der Waals surface area contributed by atoms with Gasteiger partial charge >= 0.3 is 5.97 Å². The molecule has 0 spiro atoms. The Bertz CT molecular complexity index is 2590. The zero-order chi connectivity index (χ0) is 49.2. The predicted octanol–water partition coefficient (Wildman–Crippen LogP) is 10.2. The summed E-state index contributed by atoms with van der Waals surface area (Å²) in [6.07, 6.45) is 4.13. The van der Waals surface area contributed by atoms with Crippen LogP contribution in [-0.2, 0) is 35.4 Å². The molecule has 1 fully saturated rings. The topological polar surface area (TPSA) is 163 Å². The highest BCUT2D eigenvalue weighted by molar-refractivity contribution is 7.44. The van der Waals surface area contributed by atoms with Gasteiger partial charge in [0.25, 0.3) is 8.53 Å². The van der Waals surface area contributed by atoms with Gasteiger partial charge in [0.05, 0.1) is 57.5 Å². The summed E-state index contributed by atoms with van der Waals surface area (Å²) in [5, 5.41) is 9.31. The fourth-order valence-corrected chi connectivity index (χ4v) is 9.81. The molecule has 3 aromatic rings. The summed E-state index contributed by atoms with van der Waals surface area (Å²) in [5.74, 6) is 1.36. The number of fused-ring (bicyclic) bond motifs is 2. The molecule has 360 valence electrons. The minimum absolute atomic E-state index is 0.0204. The molecule has 0 aromatic heterocycles. The first-order chi connectivity index (χ1) is 32.6. The molecule has 6 rings (SSSR count). The highest BCUT2D eigenvalue weighted by Crippen LogP contribution is 2.48. The van der Waals surface area contributed by atoms with Crippen molar-refractivity contribution in [2.24, 2.45) is 5.41 Å². The van der Waals surface area contributed by atoms with Gasteiger partial charge in [-0.3, -0.25) is 14.4 Å². The number of aromatic nitrogens is 1. The maximum atomic E-state index is 14.7. The number of nitriles is 1. The van der Waals surface area contributed by atoms with Gasteiger partial charge in [0.1, 0.15) is 34.1 Å². The fraction of sp³-hybridized carbons (Fsp3) is 0.415. The molecule has 68 heavy (non-hydrogen) atoms. The van der Waals surface area contributed by atoms with Crippen LogP contribution in [-0.4, -0.2) is 85.1 Å². The van der Waals surface area contributed by atoms with Crippen molar-refractivity contribution in [3.8, 4) is 34.8 Å². The lowest BCUT2D eigenvalue weighted by Crippen LogP contribution is -2.42. The van der Waals surface area contributed by atoms with Crippen molar-refractivity contribution in [3.05, 3.63) is 130 Å². The molecule has 3 atom stereocenters. The average Bonchev–Trinajstić information content (AvgIpc) is 3.73. The van der Waals surface area contributed by atoms with Crippen molar-refractivity contribution in [1.29, 1.82) is 5.26 Å². The van der Waals surface area contributed by atoms with E-state index in [4.69, 9.17) is 37.4 Å². The van der Waals surface area contributed by atoms with E-state index in [1.54, 1.807) is 70.2 Å². The summed E-state index contributed by atoms with van der Waals surface area (Å²) in [5.41, 5.74) is 1.98. The van der Waals surface area contributed by atoms with E-state index in [1.807, 2.05) is 68.5 Å². The second kappa shape index (κ2) is 22.9. The number of methoxy groups -OCH3 is 2. The molecule has 1 unspecified atom stereocenters. The number of aryl methyl sites for hydroxylation is 1. The number of carbonyl (C=O) groups excluding carboxylic acids is 2.